The SMILES string of the molecule is CCOC(=O)C1=C(C)N=c2sc(=Cc3ccc(O)cc3)c(=O)n2C1c1c(OC)ccc2ccccc12. The Hall–Kier alpha value is -4.17. The second kappa shape index (κ2) is 9.47. The van der Waals surface area contributed by atoms with Crippen LogP contribution in [0.1, 0.15) is 31.0 Å². The number of carbonyl (C=O) groups is 1. The van der Waals surface area contributed by atoms with Gasteiger partial charge in [-0.05, 0) is 54.5 Å². The molecule has 1 aliphatic heterocycles. The summed E-state index contributed by atoms with van der Waals surface area (Å²) in [6.07, 6.45) is 1.75. The molecular formula is C28H24N2O5S. The van der Waals surface area contributed by atoms with Crippen molar-refractivity contribution in [3.63, 3.8) is 0 Å². The van der Waals surface area contributed by atoms with Crippen LogP contribution in [0.15, 0.2) is 81.7 Å². The number of aromatic nitrogens is 1. The first-order valence-corrected chi connectivity index (χ1v) is 12.3. The Labute approximate surface area is 210 Å². The molecule has 1 N–H and O–H groups in total. The van der Waals surface area contributed by atoms with Crippen molar-refractivity contribution in [3.05, 3.63) is 103 Å². The van der Waals surface area contributed by atoms with Crippen LogP contribution in [-0.4, -0.2) is 29.4 Å². The molecule has 7 nitrogen and oxygen atoms in total. The number of nitrogens with zero attached hydrogens (tertiary/aromatic N) is 2. The number of hydrogen-bond acceptors (Lipinski definition) is 7. The molecule has 0 saturated carbocycles. The summed E-state index contributed by atoms with van der Waals surface area (Å²) in [6, 6.07) is 17.4. The van der Waals surface area contributed by atoms with Gasteiger partial charge in [0.05, 0.1) is 29.5 Å². The van der Waals surface area contributed by atoms with Crippen molar-refractivity contribution < 1.29 is 19.4 Å². The second-order valence-corrected chi connectivity index (χ2v) is 9.31. The number of thiazole rings is 1. The largest absolute Gasteiger partial charge is 0.508 e. The summed E-state index contributed by atoms with van der Waals surface area (Å²) in [6.45, 7) is 3.70. The number of aromatic hydroxyl groups is 1. The molecule has 182 valence electrons. The summed E-state index contributed by atoms with van der Waals surface area (Å²) in [5.41, 5.74) is 1.98. The molecule has 1 unspecified atom stereocenters. The first-order valence-electron chi connectivity index (χ1n) is 11.5. The molecule has 0 saturated heterocycles. The van der Waals surface area contributed by atoms with Gasteiger partial charge in [-0.25, -0.2) is 9.79 Å². The van der Waals surface area contributed by atoms with E-state index in [1.54, 1.807) is 55.9 Å². The van der Waals surface area contributed by atoms with Crippen molar-refractivity contribution >= 4 is 34.2 Å². The van der Waals surface area contributed by atoms with Gasteiger partial charge in [0.25, 0.3) is 5.56 Å². The zero-order chi connectivity index (χ0) is 25.4. The number of carbonyl (C=O) groups excluding carboxylic acids is 1. The Bertz CT molecular complexity index is 1700. The number of esters is 1. The maximum atomic E-state index is 13.9. The summed E-state index contributed by atoms with van der Waals surface area (Å²) >= 11 is 1.25. The van der Waals surface area contributed by atoms with Gasteiger partial charge in [0, 0.05) is 5.56 Å². The first kappa shape index (κ1) is 23.6. The molecule has 0 aliphatic carbocycles. The highest BCUT2D eigenvalue weighted by atomic mass is 32.1. The summed E-state index contributed by atoms with van der Waals surface area (Å²) in [5, 5.41) is 11.4. The van der Waals surface area contributed by atoms with Gasteiger partial charge in [0.15, 0.2) is 4.80 Å². The number of allylic oxidation sites excluding steroid dienone is 1. The number of rotatable bonds is 5. The lowest BCUT2D eigenvalue weighted by atomic mass is 9.90. The number of phenols is 1. The van der Waals surface area contributed by atoms with Crippen molar-refractivity contribution in [2.24, 2.45) is 4.99 Å². The standard InChI is InChI=1S/C28H24N2O5S/c1-4-35-27(33)23-16(2)29-28-30(26(32)22(36-28)15-17-9-12-19(31)13-10-17)25(23)24-20-8-6-5-7-18(20)11-14-21(24)34-3/h5-15,25,31H,4H2,1-3H3. The van der Waals surface area contributed by atoms with Gasteiger partial charge in [0.2, 0.25) is 0 Å². The molecule has 1 aromatic heterocycles. The predicted molar refractivity (Wildman–Crippen MR) is 139 cm³/mol. The normalized spacial score (nSPS) is 15.5. The minimum atomic E-state index is -0.789. The molecule has 1 atom stereocenters. The molecule has 3 aromatic carbocycles. The summed E-state index contributed by atoms with van der Waals surface area (Å²) in [7, 11) is 1.57. The van der Waals surface area contributed by atoms with E-state index in [1.807, 2.05) is 36.4 Å². The first-order chi connectivity index (χ1) is 17.4. The summed E-state index contributed by atoms with van der Waals surface area (Å²) < 4.78 is 13.2. The Morgan fingerprint density at radius 3 is 2.61 bits per heavy atom. The van der Waals surface area contributed by atoms with Crippen molar-refractivity contribution in [2.75, 3.05) is 13.7 Å². The minimum absolute atomic E-state index is 0.145. The van der Waals surface area contributed by atoms with E-state index in [9.17, 15) is 14.7 Å². The number of phenolic OH excluding ortho intramolecular Hbond substituents is 1. The number of hydrogen-bond donors (Lipinski definition) is 1. The average Bonchev–Trinajstić information content (AvgIpc) is 3.18. The molecule has 0 fully saturated rings. The second-order valence-electron chi connectivity index (χ2n) is 8.30. The number of ether oxygens (including phenoxy) is 2. The fourth-order valence-electron chi connectivity index (χ4n) is 4.52. The van der Waals surface area contributed by atoms with Gasteiger partial charge in [-0.2, -0.15) is 0 Å². The number of methoxy groups -OCH3 is 1. The van der Waals surface area contributed by atoms with E-state index in [1.165, 1.54) is 11.3 Å². The third-order valence-electron chi connectivity index (χ3n) is 6.13. The Kier molecular flexibility index (Phi) is 6.20. The monoisotopic (exact) mass is 500 g/mol. The third kappa shape index (κ3) is 3.99. The van der Waals surface area contributed by atoms with Crippen LogP contribution in [0.4, 0.5) is 0 Å². The smallest absolute Gasteiger partial charge is 0.338 e. The van der Waals surface area contributed by atoms with Crippen LogP contribution < -0.4 is 19.6 Å². The van der Waals surface area contributed by atoms with Crippen LogP contribution in [0.3, 0.4) is 0 Å². The Morgan fingerprint density at radius 1 is 1.14 bits per heavy atom. The summed E-state index contributed by atoms with van der Waals surface area (Å²) in [5.74, 6) is 0.182. The van der Waals surface area contributed by atoms with Crippen LogP contribution in [0.2, 0.25) is 0 Å². The van der Waals surface area contributed by atoms with E-state index in [2.05, 4.69) is 4.99 Å². The predicted octanol–water partition coefficient (Wildman–Crippen LogP) is 3.67. The van der Waals surface area contributed by atoms with E-state index in [0.29, 0.717) is 31.9 Å². The molecule has 0 bridgehead atoms. The molecule has 1 aliphatic rings. The van der Waals surface area contributed by atoms with Crippen LogP contribution in [-0.2, 0) is 9.53 Å². The fourth-order valence-corrected chi connectivity index (χ4v) is 5.57. The van der Waals surface area contributed by atoms with Crippen LogP contribution >= 0.6 is 11.3 Å². The molecule has 0 amide bonds. The van der Waals surface area contributed by atoms with Crippen LogP contribution in [0.25, 0.3) is 16.8 Å². The van der Waals surface area contributed by atoms with E-state index in [4.69, 9.17) is 9.47 Å². The van der Waals surface area contributed by atoms with Crippen molar-refractivity contribution in [1.82, 2.24) is 4.57 Å². The molecule has 36 heavy (non-hydrogen) atoms. The van der Waals surface area contributed by atoms with Crippen LogP contribution in [0, 0.1) is 0 Å². The maximum Gasteiger partial charge on any atom is 0.338 e. The molecule has 0 radical (unpaired) electrons. The molecule has 0 spiro atoms. The van der Waals surface area contributed by atoms with Gasteiger partial charge in [-0.3, -0.25) is 9.36 Å². The van der Waals surface area contributed by atoms with E-state index in [0.717, 1.165) is 16.3 Å². The van der Waals surface area contributed by atoms with Gasteiger partial charge in [0.1, 0.15) is 17.5 Å². The average molecular weight is 501 g/mol. The lowest BCUT2D eigenvalue weighted by molar-refractivity contribution is -0.139. The number of fused-ring (bicyclic) bond motifs is 2. The lowest BCUT2D eigenvalue weighted by Crippen LogP contribution is -2.40. The van der Waals surface area contributed by atoms with Gasteiger partial charge >= 0.3 is 5.97 Å². The molecular weight excluding hydrogens is 476 g/mol. The molecule has 8 heteroatoms. The minimum Gasteiger partial charge on any atom is -0.508 e. The lowest BCUT2D eigenvalue weighted by Gasteiger charge is -2.27. The highest BCUT2D eigenvalue weighted by Gasteiger charge is 2.36. The topological polar surface area (TPSA) is 90.1 Å². The maximum absolute atomic E-state index is 13.9. The fraction of sp³-hybridized carbons (Fsp3) is 0.179. The number of benzene rings is 3. The zero-order valence-electron chi connectivity index (χ0n) is 20.0. The highest BCUT2D eigenvalue weighted by Crippen LogP contribution is 2.40. The molecule has 5 rings (SSSR count). The van der Waals surface area contributed by atoms with Crippen molar-refractivity contribution in [3.8, 4) is 11.5 Å². The molecule has 2 heterocycles. The van der Waals surface area contributed by atoms with Gasteiger partial charge < -0.3 is 14.6 Å². The highest BCUT2D eigenvalue weighted by molar-refractivity contribution is 7.07. The van der Waals surface area contributed by atoms with Gasteiger partial charge in [-0.1, -0.05) is 53.8 Å². The van der Waals surface area contributed by atoms with Crippen LogP contribution in [0.5, 0.6) is 11.5 Å². The Balaban J connectivity index is 1.84. The van der Waals surface area contributed by atoms with E-state index in [-0.39, 0.29) is 17.9 Å². The molecule has 4 aromatic rings. The van der Waals surface area contributed by atoms with E-state index >= 15 is 0 Å². The zero-order valence-corrected chi connectivity index (χ0v) is 20.8. The van der Waals surface area contributed by atoms with E-state index < -0.39 is 12.0 Å². The quantitative estimate of drug-likeness (QED) is 0.423. The third-order valence-corrected chi connectivity index (χ3v) is 7.11. The van der Waals surface area contributed by atoms with Crippen molar-refractivity contribution in [2.45, 2.75) is 19.9 Å². The summed E-state index contributed by atoms with van der Waals surface area (Å²) in [4.78, 5) is 32.2. The Morgan fingerprint density at radius 2 is 1.89 bits per heavy atom. The van der Waals surface area contributed by atoms with Gasteiger partial charge in [-0.15, -0.1) is 0 Å². The van der Waals surface area contributed by atoms with Crippen molar-refractivity contribution in [1.29, 1.82) is 0 Å².